The molecule has 1 fully saturated rings. The molecular formula is C14H20N2. The minimum atomic E-state index is 1.02. The molecule has 86 valence electrons. The summed E-state index contributed by atoms with van der Waals surface area (Å²) < 4.78 is 0. The van der Waals surface area contributed by atoms with Crippen molar-refractivity contribution in [2.45, 2.75) is 6.92 Å². The van der Waals surface area contributed by atoms with Crippen molar-refractivity contribution < 1.29 is 0 Å². The van der Waals surface area contributed by atoms with Gasteiger partial charge in [0.25, 0.3) is 0 Å². The molecular weight excluding hydrogens is 196 g/mol. The highest BCUT2D eigenvalue weighted by Crippen LogP contribution is 2.17. The zero-order chi connectivity index (χ0) is 11.4. The van der Waals surface area contributed by atoms with Crippen molar-refractivity contribution in [3.8, 4) is 0 Å². The quantitative estimate of drug-likeness (QED) is 0.715. The van der Waals surface area contributed by atoms with Crippen LogP contribution in [0.15, 0.2) is 36.9 Å². The zero-order valence-electron chi connectivity index (χ0n) is 10.0. The number of hydrogen-bond acceptors (Lipinski definition) is 2. The predicted octanol–water partition coefficient (Wildman–Crippen LogP) is 2.30. The summed E-state index contributed by atoms with van der Waals surface area (Å²) in [7, 11) is 0. The van der Waals surface area contributed by atoms with E-state index in [0.717, 1.165) is 32.7 Å². The van der Waals surface area contributed by atoms with Gasteiger partial charge in [0.15, 0.2) is 0 Å². The summed E-state index contributed by atoms with van der Waals surface area (Å²) >= 11 is 0. The Morgan fingerprint density at radius 1 is 1.25 bits per heavy atom. The van der Waals surface area contributed by atoms with Crippen molar-refractivity contribution in [2.24, 2.45) is 0 Å². The molecule has 1 aromatic carbocycles. The summed E-state index contributed by atoms with van der Waals surface area (Å²) in [4.78, 5) is 4.91. The van der Waals surface area contributed by atoms with E-state index in [-0.39, 0.29) is 0 Å². The molecule has 0 unspecified atom stereocenters. The molecule has 1 heterocycles. The van der Waals surface area contributed by atoms with Crippen molar-refractivity contribution in [1.82, 2.24) is 4.90 Å². The van der Waals surface area contributed by atoms with Crippen LogP contribution in [-0.4, -0.2) is 37.6 Å². The summed E-state index contributed by atoms with van der Waals surface area (Å²) in [6.45, 7) is 11.5. The fourth-order valence-electron chi connectivity index (χ4n) is 2.20. The van der Waals surface area contributed by atoms with Gasteiger partial charge in [-0.05, 0) is 24.6 Å². The Kier molecular flexibility index (Phi) is 3.62. The molecule has 1 aliphatic heterocycles. The van der Waals surface area contributed by atoms with Crippen LogP contribution in [0.4, 0.5) is 5.69 Å². The van der Waals surface area contributed by atoms with Gasteiger partial charge in [0.2, 0.25) is 0 Å². The van der Waals surface area contributed by atoms with Gasteiger partial charge in [-0.3, -0.25) is 4.90 Å². The van der Waals surface area contributed by atoms with Crippen LogP contribution in [0.3, 0.4) is 0 Å². The summed E-state index contributed by atoms with van der Waals surface area (Å²) in [6.07, 6.45) is 1.99. The third-order valence-corrected chi connectivity index (χ3v) is 3.13. The lowest BCUT2D eigenvalue weighted by molar-refractivity contribution is 0.284. The largest absolute Gasteiger partial charge is 0.369 e. The molecule has 1 saturated heterocycles. The third-order valence-electron chi connectivity index (χ3n) is 3.13. The lowest BCUT2D eigenvalue weighted by atomic mass is 10.2. The predicted molar refractivity (Wildman–Crippen MR) is 70.0 cm³/mol. The zero-order valence-corrected chi connectivity index (χ0v) is 10.0. The van der Waals surface area contributed by atoms with E-state index in [1.54, 1.807) is 0 Å². The topological polar surface area (TPSA) is 6.48 Å². The van der Waals surface area contributed by atoms with Crippen LogP contribution >= 0.6 is 0 Å². The number of anilines is 1. The molecule has 0 spiro atoms. The lowest BCUT2D eigenvalue weighted by Crippen LogP contribution is -2.46. The monoisotopic (exact) mass is 216 g/mol. The maximum atomic E-state index is 3.79. The Hall–Kier alpha value is -1.28. The molecule has 0 aromatic heterocycles. The van der Waals surface area contributed by atoms with E-state index in [1.165, 1.54) is 11.3 Å². The van der Waals surface area contributed by atoms with Gasteiger partial charge in [-0.2, -0.15) is 0 Å². The Morgan fingerprint density at radius 2 is 2.00 bits per heavy atom. The summed E-state index contributed by atoms with van der Waals surface area (Å²) in [5.74, 6) is 0. The minimum absolute atomic E-state index is 1.02. The van der Waals surface area contributed by atoms with E-state index in [0.29, 0.717) is 0 Å². The normalized spacial score (nSPS) is 17.4. The maximum absolute atomic E-state index is 3.79. The lowest BCUT2D eigenvalue weighted by Gasteiger charge is -2.35. The molecule has 1 aromatic rings. The van der Waals surface area contributed by atoms with Gasteiger partial charge in [-0.15, -0.1) is 6.58 Å². The third kappa shape index (κ3) is 2.64. The van der Waals surface area contributed by atoms with Gasteiger partial charge in [0.1, 0.15) is 0 Å². The molecule has 0 radical (unpaired) electrons. The van der Waals surface area contributed by atoms with Crippen molar-refractivity contribution in [2.75, 3.05) is 37.6 Å². The molecule has 2 nitrogen and oxygen atoms in total. The maximum Gasteiger partial charge on any atom is 0.0369 e. The van der Waals surface area contributed by atoms with Gasteiger partial charge >= 0.3 is 0 Å². The number of rotatable bonds is 3. The Labute approximate surface area is 98.2 Å². The summed E-state index contributed by atoms with van der Waals surface area (Å²) in [5.41, 5.74) is 2.70. The van der Waals surface area contributed by atoms with E-state index in [2.05, 4.69) is 47.6 Å². The van der Waals surface area contributed by atoms with Crippen molar-refractivity contribution in [3.63, 3.8) is 0 Å². The fourth-order valence-corrected chi connectivity index (χ4v) is 2.20. The van der Waals surface area contributed by atoms with Crippen LogP contribution in [0.25, 0.3) is 0 Å². The highest BCUT2D eigenvalue weighted by Gasteiger charge is 2.15. The van der Waals surface area contributed by atoms with Crippen LogP contribution in [-0.2, 0) is 0 Å². The molecule has 2 heteroatoms. The number of hydrogen-bond donors (Lipinski definition) is 0. The van der Waals surface area contributed by atoms with Crippen LogP contribution in [0, 0.1) is 6.92 Å². The van der Waals surface area contributed by atoms with Gasteiger partial charge in [-0.25, -0.2) is 0 Å². The SMILES string of the molecule is C=CCN1CCN(c2cccc(C)c2)CC1. The van der Waals surface area contributed by atoms with Crippen molar-refractivity contribution >= 4 is 5.69 Å². The standard InChI is InChI=1S/C14H20N2/c1-3-7-15-8-10-16(11-9-15)14-6-4-5-13(2)12-14/h3-6,12H,1,7-11H2,2H3. The number of aryl methyl sites for hydroxylation is 1. The van der Waals surface area contributed by atoms with Gasteiger partial charge in [0, 0.05) is 38.4 Å². The molecule has 0 aliphatic carbocycles. The number of piperazine rings is 1. The Bertz CT molecular complexity index is 352. The van der Waals surface area contributed by atoms with Gasteiger partial charge in [0.05, 0.1) is 0 Å². The minimum Gasteiger partial charge on any atom is -0.369 e. The van der Waals surface area contributed by atoms with Crippen molar-refractivity contribution in [3.05, 3.63) is 42.5 Å². The van der Waals surface area contributed by atoms with Crippen LogP contribution in [0.2, 0.25) is 0 Å². The summed E-state index contributed by atoms with van der Waals surface area (Å²) in [5, 5.41) is 0. The molecule has 0 N–H and O–H groups in total. The Balaban J connectivity index is 1.96. The molecule has 16 heavy (non-hydrogen) atoms. The highest BCUT2D eigenvalue weighted by molar-refractivity contribution is 5.48. The molecule has 0 saturated carbocycles. The first-order valence-corrected chi connectivity index (χ1v) is 5.94. The fraction of sp³-hybridized carbons (Fsp3) is 0.429. The van der Waals surface area contributed by atoms with Gasteiger partial charge in [-0.1, -0.05) is 18.2 Å². The number of nitrogens with zero attached hydrogens (tertiary/aromatic N) is 2. The van der Waals surface area contributed by atoms with E-state index in [1.807, 2.05) is 6.08 Å². The van der Waals surface area contributed by atoms with E-state index in [4.69, 9.17) is 0 Å². The van der Waals surface area contributed by atoms with Gasteiger partial charge < -0.3 is 4.90 Å². The first-order chi connectivity index (χ1) is 7.79. The van der Waals surface area contributed by atoms with Crippen LogP contribution in [0.1, 0.15) is 5.56 Å². The number of benzene rings is 1. The van der Waals surface area contributed by atoms with Crippen molar-refractivity contribution in [1.29, 1.82) is 0 Å². The van der Waals surface area contributed by atoms with E-state index < -0.39 is 0 Å². The highest BCUT2D eigenvalue weighted by atomic mass is 15.3. The summed E-state index contributed by atoms with van der Waals surface area (Å²) in [6, 6.07) is 8.76. The van der Waals surface area contributed by atoms with E-state index >= 15 is 0 Å². The van der Waals surface area contributed by atoms with Crippen LogP contribution in [0.5, 0.6) is 0 Å². The van der Waals surface area contributed by atoms with Crippen LogP contribution < -0.4 is 4.90 Å². The average molecular weight is 216 g/mol. The first kappa shape index (κ1) is 11.2. The van der Waals surface area contributed by atoms with E-state index in [9.17, 15) is 0 Å². The Morgan fingerprint density at radius 3 is 2.62 bits per heavy atom. The molecule has 0 atom stereocenters. The molecule has 2 rings (SSSR count). The molecule has 0 bridgehead atoms. The second kappa shape index (κ2) is 5.17. The molecule has 1 aliphatic rings. The average Bonchev–Trinajstić information content (AvgIpc) is 2.30. The second-order valence-corrected chi connectivity index (χ2v) is 4.42. The smallest absolute Gasteiger partial charge is 0.0369 e. The second-order valence-electron chi connectivity index (χ2n) is 4.42. The first-order valence-electron chi connectivity index (χ1n) is 5.94. The molecule has 0 amide bonds.